The van der Waals surface area contributed by atoms with Crippen LogP contribution in [0.2, 0.25) is 4.34 Å². The van der Waals surface area contributed by atoms with E-state index in [0.717, 1.165) is 24.9 Å². The lowest BCUT2D eigenvalue weighted by molar-refractivity contribution is 0.223. The molecule has 0 fully saturated rings. The van der Waals surface area contributed by atoms with Crippen molar-refractivity contribution in [3.05, 3.63) is 53.6 Å². The highest BCUT2D eigenvalue weighted by atomic mass is 79.9. The molecule has 0 saturated carbocycles. The fourth-order valence-corrected chi connectivity index (χ4v) is 3.60. The summed E-state index contributed by atoms with van der Waals surface area (Å²) in [5.41, 5.74) is 1.96. The normalized spacial score (nSPS) is 12.8. The van der Waals surface area contributed by atoms with Crippen molar-refractivity contribution in [2.75, 3.05) is 0 Å². The summed E-state index contributed by atoms with van der Waals surface area (Å²) in [7, 11) is 0. The molecule has 0 aliphatic heterocycles. The summed E-state index contributed by atoms with van der Waals surface area (Å²) in [6.45, 7) is 2.01. The summed E-state index contributed by atoms with van der Waals surface area (Å²) in [6, 6.07) is 7.55. The molecule has 0 aliphatic rings. The van der Waals surface area contributed by atoms with E-state index in [0.29, 0.717) is 4.34 Å². The molecular weight excluding hydrogens is 387 g/mol. The van der Waals surface area contributed by atoms with Gasteiger partial charge in [0.2, 0.25) is 0 Å². The molecule has 1 nitrogen and oxygen atoms in total. The van der Waals surface area contributed by atoms with Crippen molar-refractivity contribution in [2.24, 2.45) is 0 Å². The van der Waals surface area contributed by atoms with Crippen LogP contribution < -0.4 is 0 Å². The first kappa shape index (κ1) is 13.6. The van der Waals surface area contributed by atoms with Gasteiger partial charge in [-0.25, -0.2) is 0 Å². The van der Waals surface area contributed by atoms with Gasteiger partial charge in [-0.05, 0) is 36.8 Å². The third-order valence-corrected chi connectivity index (χ3v) is 5.26. The van der Waals surface area contributed by atoms with Gasteiger partial charge in [0.1, 0.15) is 6.10 Å². The second-order valence-electron chi connectivity index (χ2n) is 3.67. The Hall–Kier alpha value is 0.130. The van der Waals surface area contributed by atoms with Crippen LogP contribution >= 0.6 is 54.8 Å². The maximum absolute atomic E-state index is 10.3. The molecule has 17 heavy (non-hydrogen) atoms. The first-order valence-corrected chi connectivity index (χ1v) is 7.66. The van der Waals surface area contributed by atoms with Crippen molar-refractivity contribution < 1.29 is 5.11 Å². The van der Waals surface area contributed by atoms with Crippen molar-refractivity contribution >= 4 is 54.8 Å². The minimum absolute atomic E-state index is 0.654. The topological polar surface area (TPSA) is 20.2 Å². The molecule has 0 bridgehead atoms. The van der Waals surface area contributed by atoms with Gasteiger partial charge >= 0.3 is 0 Å². The fourth-order valence-electron chi connectivity index (χ4n) is 1.50. The van der Waals surface area contributed by atoms with Gasteiger partial charge in [-0.3, -0.25) is 0 Å². The molecule has 0 radical (unpaired) electrons. The minimum Gasteiger partial charge on any atom is -0.383 e. The minimum atomic E-state index is -0.654. The van der Waals surface area contributed by atoms with Crippen molar-refractivity contribution in [3.63, 3.8) is 0 Å². The molecular formula is C12H9Br2ClOS. The number of aliphatic hydroxyl groups is 1. The van der Waals surface area contributed by atoms with Crippen LogP contribution in [0.25, 0.3) is 0 Å². The summed E-state index contributed by atoms with van der Waals surface area (Å²) < 4.78 is 2.56. The SMILES string of the molecule is Cc1cc(Br)c(C(O)c2ccc(Cl)s2)cc1Br. The van der Waals surface area contributed by atoms with E-state index < -0.39 is 6.10 Å². The molecule has 1 unspecified atom stereocenters. The van der Waals surface area contributed by atoms with Crippen LogP contribution in [0.1, 0.15) is 22.1 Å². The quantitative estimate of drug-likeness (QED) is 0.729. The summed E-state index contributed by atoms with van der Waals surface area (Å²) in [5.74, 6) is 0. The van der Waals surface area contributed by atoms with Crippen LogP contribution in [0, 0.1) is 6.92 Å². The number of hydrogen-bond acceptors (Lipinski definition) is 2. The highest BCUT2D eigenvalue weighted by molar-refractivity contribution is 9.11. The average Bonchev–Trinajstić information content (AvgIpc) is 2.69. The van der Waals surface area contributed by atoms with Crippen LogP contribution in [0.3, 0.4) is 0 Å². The van der Waals surface area contributed by atoms with Gasteiger partial charge in [-0.1, -0.05) is 43.5 Å². The van der Waals surface area contributed by atoms with Crippen LogP contribution in [0.15, 0.2) is 33.2 Å². The Balaban J connectivity index is 2.43. The van der Waals surface area contributed by atoms with Crippen molar-refractivity contribution in [2.45, 2.75) is 13.0 Å². The predicted octanol–water partition coefficient (Wildman–Crippen LogP) is 5.32. The Morgan fingerprint density at radius 1 is 1.24 bits per heavy atom. The molecule has 2 aromatic rings. The van der Waals surface area contributed by atoms with Crippen LogP contribution in [0.4, 0.5) is 0 Å². The van der Waals surface area contributed by atoms with Crippen LogP contribution in [0.5, 0.6) is 0 Å². The number of aryl methyl sites for hydroxylation is 1. The second-order valence-corrected chi connectivity index (χ2v) is 7.12. The predicted molar refractivity (Wildman–Crippen MR) is 80.0 cm³/mol. The van der Waals surface area contributed by atoms with Gasteiger partial charge in [-0.2, -0.15) is 0 Å². The Bertz CT molecular complexity index is 553. The van der Waals surface area contributed by atoms with E-state index in [1.165, 1.54) is 11.3 Å². The number of aliphatic hydroxyl groups excluding tert-OH is 1. The molecule has 2 rings (SSSR count). The Morgan fingerprint density at radius 2 is 1.94 bits per heavy atom. The Morgan fingerprint density at radius 3 is 2.53 bits per heavy atom. The Kier molecular flexibility index (Phi) is 4.31. The molecule has 0 amide bonds. The largest absolute Gasteiger partial charge is 0.383 e. The number of rotatable bonds is 2. The van der Waals surface area contributed by atoms with Crippen molar-refractivity contribution in [1.29, 1.82) is 0 Å². The molecule has 1 N–H and O–H groups in total. The zero-order valence-electron chi connectivity index (χ0n) is 8.88. The first-order valence-electron chi connectivity index (χ1n) is 4.88. The summed E-state index contributed by atoms with van der Waals surface area (Å²) in [6.07, 6.45) is -0.654. The molecule has 0 aliphatic carbocycles. The molecule has 0 spiro atoms. The third-order valence-electron chi connectivity index (χ3n) is 2.44. The number of thiophene rings is 1. The van der Waals surface area contributed by atoms with Gasteiger partial charge in [0.05, 0.1) is 4.34 Å². The number of halogens is 3. The standard InChI is InChI=1S/C12H9Br2ClOS/c1-6-4-9(14)7(5-8(6)13)12(16)10-2-3-11(15)17-10/h2-5,12,16H,1H3. The van der Waals surface area contributed by atoms with E-state index in [-0.39, 0.29) is 0 Å². The highest BCUT2D eigenvalue weighted by Crippen LogP contribution is 2.36. The highest BCUT2D eigenvalue weighted by Gasteiger charge is 2.16. The average molecular weight is 397 g/mol. The fraction of sp³-hybridized carbons (Fsp3) is 0.167. The zero-order chi connectivity index (χ0) is 12.6. The maximum atomic E-state index is 10.3. The molecule has 1 aromatic carbocycles. The lowest BCUT2D eigenvalue weighted by atomic mass is 10.1. The van der Waals surface area contributed by atoms with E-state index >= 15 is 0 Å². The smallest absolute Gasteiger partial charge is 0.114 e. The molecule has 1 aromatic heterocycles. The lowest BCUT2D eigenvalue weighted by Gasteiger charge is -2.13. The zero-order valence-corrected chi connectivity index (χ0v) is 13.6. The molecule has 5 heteroatoms. The summed E-state index contributed by atoms with van der Waals surface area (Å²) in [5, 5.41) is 10.3. The second kappa shape index (κ2) is 5.41. The van der Waals surface area contributed by atoms with E-state index in [1.807, 2.05) is 25.1 Å². The maximum Gasteiger partial charge on any atom is 0.114 e. The molecule has 1 atom stereocenters. The van der Waals surface area contributed by atoms with Gasteiger partial charge < -0.3 is 5.11 Å². The Labute approximate surface area is 126 Å². The first-order chi connectivity index (χ1) is 7.99. The van der Waals surface area contributed by atoms with Crippen LogP contribution in [-0.4, -0.2) is 5.11 Å². The van der Waals surface area contributed by atoms with Gasteiger partial charge in [0, 0.05) is 19.4 Å². The van der Waals surface area contributed by atoms with E-state index in [4.69, 9.17) is 11.6 Å². The molecule has 1 heterocycles. The van der Waals surface area contributed by atoms with Gasteiger partial charge in [0.25, 0.3) is 0 Å². The van der Waals surface area contributed by atoms with E-state index in [1.54, 1.807) is 6.07 Å². The summed E-state index contributed by atoms with van der Waals surface area (Å²) in [4.78, 5) is 0.839. The van der Waals surface area contributed by atoms with Gasteiger partial charge in [0.15, 0.2) is 0 Å². The molecule has 0 saturated heterocycles. The van der Waals surface area contributed by atoms with E-state index in [2.05, 4.69) is 31.9 Å². The van der Waals surface area contributed by atoms with Crippen molar-refractivity contribution in [1.82, 2.24) is 0 Å². The van der Waals surface area contributed by atoms with E-state index in [9.17, 15) is 5.11 Å². The molecule has 90 valence electrons. The number of benzene rings is 1. The number of hydrogen-bond donors (Lipinski definition) is 1. The monoisotopic (exact) mass is 394 g/mol. The third kappa shape index (κ3) is 2.93. The van der Waals surface area contributed by atoms with Gasteiger partial charge in [-0.15, -0.1) is 11.3 Å². The summed E-state index contributed by atoms with van der Waals surface area (Å²) >= 11 is 14.2. The van der Waals surface area contributed by atoms with Crippen LogP contribution in [-0.2, 0) is 0 Å². The van der Waals surface area contributed by atoms with Crippen molar-refractivity contribution in [3.8, 4) is 0 Å². The lowest BCUT2D eigenvalue weighted by Crippen LogP contribution is -1.99.